The standard InChI is InChI=1S/C33H36ClN5O6S/c1-36(2)17-18-45-24-11-14-26(30(20-24)44-5)33(38-16-6-7-29(38)31(40)37(3)4)27-19-23(34)10-15-28(27)39(32(33)41)46(42,43)25-12-8-22(21-35)9-13-25/h8-15,19-20,29H,6-7,16-18H2,1-5H3/t29-,33?/m0/s1. The maximum absolute atomic E-state index is 15.3. The number of anilines is 1. The van der Waals surface area contributed by atoms with Gasteiger partial charge in [-0.3, -0.25) is 14.5 Å². The summed E-state index contributed by atoms with van der Waals surface area (Å²) in [5.74, 6) is -0.239. The number of fused-ring (bicyclic) bond motifs is 1. The maximum Gasteiger partial charge on any atom is 0.271 e. The fourth-order valence-electron chi connectivity index (χ4n) is 6.21. The molecule has 46 heavy (non-hydrogen) atoms. The molecule has 1 saturated heterocycles. The molecule has 3 aromatic carbocycles. The molecular weight excluding hydrogens is 630 g/mol. The summed E-state index contributed by atoms with van der Waals surface area (Å²) in [6.07, 6.45) is 1.05. The molecule has 11 nitrogen and oxygen atoms in total. The summed E-state index contributed by atoms with van der Waals surface area (Å²) < 4.78 is 41.4. The average Bonchev–Trinajstić information content (AvgIpc) is 3.61. The average molecular weight is 666 g/mol. The first kappa shape index (κ1) is 33.2. The number of hydrogen-bond donors (Lipinski definition) is 0. The summed E-state index contributed by atoms with van der Waals surface area (Å²) in [5, 5.41) is 9.55. The van der Waals surface area contributed by atoms with Crippen LogP contribution in [-0.2, 0) is 25.2 Å². The van der Waals surface area contributed by atoms with Crippen molar-refractivity contribution >= 4 is 39.1 Å². The Balaban J connectivity index is 1.78. The van der Waals surface area contributed by atoms with Gasteiger partial charge in [0.2, 0.25) is 5.91 Å². The second kappa shape index (κ2) is 12.9. The molecule has 0 N–H and O–H groups in total. The summed E-state index contributed by atoms with van der Waals surface area (Å²) in [6, 6.07) is 16.3. The topological polar surface area (TPSA) is 123 Å². The summed E-state index contributed by atoms with van der Waals surface area (Å²) >= 11 is 6.58. The van der Waals surface area contributed by atoms with E-state index in [1.807, 2.05) is 25.1 Å². The number of nitrogens with zero attached hydrogens (tertiary/aromatic N) is 5. The van der Waals surface area contributed by atoms with E-state index in [4.69, 9.17) is 21.1 Å². The van der Waals surface area contributed by atoms with Crippen molar-refractivity contribution in [2.24, 2.45) is 0 Å². The molecule has 1 fully saturated rings. The number of sulfonamides is 1. The Labute approximate surface area is 274 Å². The van der Waals surface area contributed by atoms with E-state index in [0.29, 0.717) is 49.4 Å². The van der Waals surface area contributed by atoms with Crippen molar-refractivity contribution in [1.29, 1.82) is 5.26 Å². The minimum atomic E-state index is -4.51. The number of benzene rings is 3. The summed E-state index contributed by atoms with van der Waals surface area (Å²) in [5.41, 5.74) is -0.789. The Hall–Kier alpha value is -4.15. The van der Waals surface area contributed by atoms with Crippen LogP contribution in [0, 0.1) is 11.3 Å². The van der Waals surface area contributed by atoms with Crippen molar-refractivity contribution in [2.75, 3.05) is 59.3 Å². The Morgan fingerprint density at radius 2 is 1.78 bits per heavy atom. The lowest BCUT2D eigenvalue weighted by Gasteiger charge is -2.42. The number of rotatable bonds is 10. The van der Waals surface area contributed by atoms with Crippen molar-refractivity contribution in [1.82, 2.24) is 14.7 Å². The van der Waals surface area contributed by atoms with Gasteiger partial charge in [-0.25, -0.2) is 12.7 Å². The van der Waals surface area contributed by atoms with E-state index in [1.165, 1.54) is 48.4 Å². The van der Waals surface area contributed by atoms with Gasteiger partial charge in [0.05, 0.1) is 35.4 Å². The molecule has 5 rings (SSSR count). The van der Waals surface area contributed by atoms with Crippen molar-refractivity contribution < 1.29 is 27.5 Å². The van der Waals surface area contributed by atoms with E-state index >= 15 is 4.79 Å². The quantitative estimate of drug-likeness (QED) is 0.319. The molecule has 0 radical (unpaired) electrons. The maximum atomic E-state index is 15.3. The third kappa shape index (κ3) is 5.58. The second-order valence-corrected chi connectivity index (χ2v) is 13.9. The summed E-state index contributed by atoms with van der Waals surface area (Å²) in [4.78, 5) is 34.0. The van der Waals surface area contributed by atoms with E-state index in [1.54, 1.807) is 43.3 Å². The van der Waals surface area contributed by atoms with Gasteiger partial charge in [-0.2, -0.15) is 5.26 Å². The van der Waals surface area contributed by atoms with Gasteiger partial charge in [-0.15, -0.1) is 0 Å². The van der Waals surface area contributed by atoms with Crippen LogP contribution >= 0.6 is 11.6 Å². The number of amides is 2. The van der Waals surface area contributed by atoms with Gasteiger partial charge in [0, 0.05) is 49.4 Å². The first-order valence-electron chi connectivity index (χ1n) is 14.7. The van der Waals surface area contributed by atoms with Crippen molar-refractivity contribution in [3.8, 4) is 17.6 Å². The smallest absolute Gasteiger partial charge is 0.271 e. The second-order valence-electron chi connectivity index (χ2n) is 11.7. The molecule has 0 saturated carbocycles. The largest absolute Gasteiger partial charge is 0.496 e. The van der Waals surface area contributed by atoms with Crippen LogP contribution in [0.25, 0.3) is 0 Å². The Morgan fingerprint density at radius 3 is 2.41 bits per heavy atom. The SMILES string of the molecule is COc1cc(OCCN(C)C)ccc1C1(N2CCC[C@H]2C(=O)N(C)C)C(=O)N(S(=O)(=O)c2ccc(C#N)cc2)c2ccc(Cl)cc21. The predicted octanol–water partition coefficient (Wildman–Crippen LogP) is 3.69. The number of carbonyl (C=O) groups is 2. The summed E-state index contributed by atoms with van der Waals surface area (Å²) in [7, 11) is 4.12. The van der Waals surface area contributed by atoms with Crippen LogP contribution in [0.4, 0.5) is 5.69 Å². The number of methoxy groups -OCH3 is 1. The molecule has 2 amide bonds. The van der Waals surface area contributed by atoms with Gasteiger partial charge in [0.15, 0.2) is 5.54 Å². The van der Waals surface area contributed by atoms with Crippen LogP contribution in [-0.4, -0.2) is 96.0 Å². The van der Waals surface area contributed by atoms with Crippen molar-refractivity contribution in [3.63, 3.8) is 0 Å². The van der Waals surface area contributed by atoms with Crippen LogP contribution < -0.4 is 13.8 Å². The highest BCUT2D eigenvalue weighted by molar-refractivity contribution is 7.93. The van der Waals surface area contributed by atoms with Gasteiger partial charge in [0.25, 0.3) is 15.9 Å². The number of likely N-dealkylation sites (tertiary alicyclic amines) is 1. The first-order chi connectivity index (χ1) is 21.9. The Kier molecular flexibility index (Phi) is 9.33. The van der Waals surface area contributed by atoms with Crippen molar-refractivity contribution in [2.45, 2.75) is 29.3 Å². The molecule has 1 unspecified atom stereocenters. The lowest BCUT2D eigenvalue weighted by molar-refractivity contribution is -0.138. The molecule has 2 heterocycles. The number of likely N-dealkylation sites (N-methyl/N-ethyl adjacent to an activating group) is 2. The normalized spacial score (nSPS) is 19.7. The Morgan fingerprint density at radius 1 is 1.07 bits per heavy atom. The molecule has 242 valence electrons. The Bertz CT molecular complexity index is 1810. The fourth-order valence-corrected chi connectivity index (χ4v) is 7.85. The van der Waals surface area contributed by atoms with E-state index < -0.39 is 27.5 Å². The summed E-state index contributed by atoms with van der Waals surface area (Å²) in [6.45, 7) is 1.39. The number of halogens is 1. The van der Waals surface area contributed by atoms with Crippen LogP contribution in [0.1, 0.15) is 29.5 Å². The molecule has 2 aliphatic rings. The zero-order valence-electron chi connectivity index (χ0n) is 26.4. The molecule has 0 aromatic heterocycles. The van der Waals surface area contributed by atoms with Gasteiger partial charge < -0.3 is 19.3 Å². The van der Waals surface area contributed by atoms with Gasteiger partial charge >= 0.3 is 0 Å². The highest BCUT2D eigenvalue weighted by Crippen LogP contribution is 2.55. The monoisotopic (exact) mass is 665 g/mol. The molecular formula is C33H36ClN5O6S. The third-order valence-corrected chi connectivity index (χ3v) is 10.3. The van der Waals surface area contributed by atoms with Crippen LogP contribution in [0.5, 0.6) is 11.5 Å². The van der Waals surface area contributed by atoms with Crippen LogP contribution in [0.15, 0.2) is 65.6 Å². The molecule has 2 aliphatic heterocycles. The van der Waals surface area contributed by atoms with Gasteiger partial charge in [0.1, 0.15) is 18.1 Å². The van der Waals surface area contributed by atoms with Gasteiger partial charge in [-0.1, -0.05) is 11.6 Å². The lowest BCUT2D eigenvalue weighted by atomic mass is 9.80. The van der Waals surface area contributed by atoms with E-state index in [9.17, 15) is 18.5 Å². The fraction of sp³-hybridized carbons (Fsp3) is 0.364. The van der Waals surface area contributed by atoms with E-state index in [0.717, 1.165) is 4.31 Å². The minimum absolute atomic E-state index is 0.107. The molecule has 0 aliphatic carbocycles. The van der Waals surface area contributed by atoms with E-state index in [-0.39, 0.29) is 32.8 Å². The van der Waals surface area contributed by atoms with Crippen LogP contribution in [0.3, 0.4) is 0 Å². The van der Waals surface area contributed by atoms with Crippen LogP contribution in [0.2, 0.25) is 5.02 Å². The highest BCUT2D eigenvalue weighted by atomic mass is 35.5. The molecule has 0 bridgehead atoms. The predicted molar refractivity (Wildman–Crippen MR) is 174 cm³/mol. The van der Waals surface area contributed by atoms with Gasteiger partial charge in [-0.05, 0) is 81.5 Å². The number of carbonyl (C=O) groups excluding carboxylic acids is 2. The number of nitriles is 1. The molecule has 13 heteroatoms. The third-order valence-electron chi connectivity index (χ3n) is 8.36. The highest BCUT2D eigenvalue weighted by Gasteiger charge is 2.63. The zero-order chi connectivity index (χ0) is 33.4. The zero-order valence-corrected chi connectivity index (χ0v) is 27.9. The molecule has 0 spiro atoms. The number of ether oxygens (including phenoxy) is 2. The minimum Gasteiger partial charge on any atom is -0.496 e. The van der Waals surface area contributed by atoms with E-state index in [2.05, 4.69) is 0 Å². The molecule has 3 aromatic rings. The first-order valence-corrected chi connectivity index (χ1v) is 16.5. The van der Waals surface area contributed by atoms with Crippen molar-refractivity contribution in [3.05, 3.63) is 82.4 Å². The lowest BCUT2D eigenvalue weighted by Crippen LogP contribution is -2.59. The molecule has 2 atom stereocenters. The number of hydrogen-bond acceptors (Lipinski definition) is 9.